The molecule has 5 nitrogen and oxygen atoms in total. The highest BCUT2D eigenvalue weighted by Gasteiger charge is 2.29. The van der Waals surface area contributed by atoms with Crippen molar-refractivity contribution in [3.8, 4) is 0 Å². The van der Waals surface area contributed by atoms with Crippen LogP contribution in [0.5, 0.6) is 0 Å². The maximum atomic E-state index is 12.1. The van der Waals surface area contributed by atoms with Crippen molar-refractivity contribution >= 4 is 5.91 Å². The Kier molecular flexibility index (Phi) is 5.94. The van der Waals surface area contributed by atoms with Gasteiger partial charge < -0.3 is 15.5 Å². The van der Waals surface area contributed by atoms with Gasteiger partial charge in [-0.15, -0.1) is 0 Å². The summed E-state index contributed by atoms with van der Waals surface area (Å²) in [4.78, 5) is 14.1. The molecule has 1 aromatic rings. The number of aryl methyl sites for hydroxylation is 1. The van der Waals surface area contributed by atoms with Crippen LogP contribution in [0.4, 0.5) is 0 Å². The zero-order valence-corrected chi connectivity index (χ0v) is 13.2. The number of amides is 1. The molecule has 0 bridgehead atoms. The number of aliphatic hydroxyl groups excluding tert-OH is 1. The van der Waals surface area contributed by atoms with Gasteiger partial charge in [-0.05, 0) is 43.9 Å². The van der Waals surface area contributed by atoms with E-state index in [2.05, 4.69) is 5.32 Å². The highest BCUT2D eigenvalue weighted by atomic mass is 16.3. The van der Waals surface area contributed by atoms with Crippen molar-refractivity contribution in [2.75, 3.05) is 26.2 Å². The van der Waals surface area contributed by atoms with Crippen LogP contribution in [0.25, 0.3) is 0 Å². The highest BCUT2D eigenvalue weighted by molar-refractivity contribution is 5.78. The van der Waals surface area contributed by atoms with Crippen LogP contribution in [0.3, 0.4) is 0 Å². The lowest BCUT2D eigenvalue weighted by molar-refractivity contribution is -0.122. The number of hydrogen-bond acceptors (Lipinski definition) is 4. The van der Waals surface area contributed by atoms with Crippen molar-refractivity contribution < 1.29 is 15.0 Å². The molecule has 1 aromatic carbocycles. The van der Waals surface area contributed by atoms with Gasteiger partial charge in [-0.25, -0.2) is 0 Å². The van der Waals surface area contributed by atoms with E-state index in [1.54, 1.807) is 0 Å². The molecular weight excluding hydrogens is 280 g/mol. The van der Waals surface area contributed by atoms with Gasteiger partial charge in [0, 0.05) is 13.1 Å². The predicted molar refractivity (Wildman–Crippen MR) is 85.4 cm³/mol. The molecule has 1 atom stereocenters. The Labute approximate surface area is 131 Å². The molecule has 1 fully saturated rings. The second-order valence-electron chi connectivity index (χ2n) is 6.22. The quantitative estimate of drug-likeness (QED) is 0.753. The fourth-order valence-electron chi connectivity index (χ4n) is 2.81. The molecule has 122 valence electrons. The average Bonchev–Trinajstić information content (AvgIpc) is 2.69. The summed E-state index contributed by atoms with van der Waals surface area (Å²) >= 11 is 0. The average molecular weight is 306 g/mol. The minimum Gasteiger partial charge on any atom is -0.393 e. The number of benzene rings is 1. The van der Waals surface area contributed by atoms with E-state index in [4.69, 9.17) is 0 Å². The zero-order valence-electron chi connectivity index (χ0n) is 13.2. The Morgan fingerprint density at radius 1 is 1.32 bits per heavy atom. The molecular formula is C17H26N2O3. The summed E-state index contributed by atoms with van der Waals surface area (Å²) in [6.07, 6.45) is 1.89. The van der Waals surface area contributed by atoms with E-state index in [9.17, 15) is 15.0 Å². The van der Waals surface area contributed by atoms with Crippen molar-refractivity contribution in [1.82, 2.24) is 10.2 Å². The monoisotopic (exact) mass is 306 g/mol. The van der Waals surface area contributed by atoms with E-state index in [0.29, 0.717) is 32.5 Å². The maximum absolute atomic E-state index is 12.1. The first-order valence-corrected chi connectivity index (χ1v) is 7.89. The fraction of sp³-hybridized carbons (Fsp3) is 0.588. The SMILES string of the molecule is Cc1ccccc1CNC(=O)CN1CCC[C@@](O)(CO)CC1. The number of hydrogen-bond donors (Lipinski definition) is 3. The van der Waals surface area contributed by atoms with Gasteiger partial charge >= 0.3 is 0 Å². The minimum absolute atomic E-state index is 0.00214. The third-order valence-corrected chi connectivity index (χ3v) is 4.41. The number of nitrogens with zero attached hydrogens (tertiary/aromatic N) is 1. The fourth-order valence-corrected chi connectivity index (χ4v) is 2.81. The third kappa shape index (κ3) is 4.80. The van der Waals surface area contributed by atoms with Gasteiger partial charge in [0.2, 0.25) is 5.91 Å². The van der Waals surface area contributed by atoms with Crippen molar-refractivity contribution in [3.63, 3.8) is 0 Å². The van der Waals surface area contributed by atoms with E-state index in [0.717, 1.165) is 18.5 Å². The van der Waals surface area contributed by atoms with Gasteiger partial charge in [-0.1, -0.05) is 24.3 Å². The number of nitrogens with one attached hydrogen (secondary N) is 1. The van der Waals surface area contributed by atoms with Gasteiger partial charge in [0.1, 0.15) is 0 Å². The molecule has 1 aliphatic heterocycles. The highest BCUT2D eigenvalue weighted by Crippen LogP contribution is 2.21. The van der Waals surface area contributed by atoms with E-state index in [1.165, 1.54) is 5.56 Å². The summed E-state index contributed by atoms with van der Waals surface area (Å²) < 4.78 is 0. The van der Waals surface area contributed by atoms with Gasteiger partial charge in [0.15, 0.2) is 0 Å². The molecule has 1 amide bonds. The van der Waals surface area contributed by atoms with Gasteiger partial charge in [-0.3, -0.25) is 9.69 Å². The number of rotatable bonds is 5. The van der Waals surface area contributed by atoms with Gasteiger partial charge in [0.25, 0.3) is 0 Å². The van der Waals surface area contributed by atoms with Crippen LogP contribution >= 0.6 is 0 Å². The van der Waals surface area contributed by atoms with Crippen LogP contribution in [0, 0.1) is 6.92 Å². The second-order valence-corrected chi connectivity index (χ2v) is 6.22. The molecule has 22 heavy (non-hydrogen) atoms. The molecule has 0 aliphatic carbocycles. The van der Waals surface area contributed by atoms with Crippen LogP contribution in [0.2, 0.25) is 0 Å². The Balaban J connectivity index is 1.79. The second kappa shape index (κ2) is 7.72. The van der Waals surface area contributed by atoms with E-state index < -0.39 is 5.60 Å². The van der Waals surface area contributed by atoms with Crippen molar-refractivity contribution in [2.45, 2.75) is 38.3 Å². The molecule has 0 saturated carbocycles. The van der Waals surface area contributed by atoms with Crippen LogP contribution in [-0.2, 0) is 11.3 Å². The summed E-state index contributed by atoms with van der Waals surface area (Å²) in [5.41, 5.74) is 1.32. The van der Waals surface area contributed by atoms with E-state index in [1.807, 2.05) is 36.1 Å². The van der Waals surface area contributed by atoms with Crippen molar-refractivity contribution in [3.05, 3.63) is 35.4 Å². The lowest BCUT2D eigenvalue weighted by Gasteiger charge is -2.24. The maximum Gasteiger partial charge on any atom is 0.234 e. The van der Waals surface area contributed by atoms with Gasteiger partial charge in [0.05, 0.1) is 18.8 Å². The molecule has 3 N–H and O–H groups in total. The Morgan fingerprint density at radius 2 is 2.09 bits per heavy atom. The normalized spacial score (nSPS) is 23.0. The van der Waals surface area contributed by atoms with Crippen molar-refractivity contribution in [1.29, 1.82) is 0 Å². The first-order valence-electron chi connectivity index (χ1n) is 7.89. The summed E-state index contributed by atoms with van der Waals surface area (Å²) in [5.74, 6) is -0.00214. The number of carbonyl (C=O) groups is 1. The minimum atomic E-state index is -0.980. The third-order valence-electron chi connectivity index (χ3n) is 4.41. The number of carbonyl (C=O) groups excluding carboxylic acids is 1. The summed E-state index contributed by atoms with van der Waals surface area (Å²) in [6.45, 7) is 4.12. The Morgan fingerprint density at radius 3 is 2.82 bits per heavy atom. The largest absolute Gasteiger partial charge is 0.393 e. The molecule has 2 rings (SSSR count). The first kappa shape index (κ1) is 16.9. The zero-order chi connectivity index (χ0) is 16.0. The first-order chi connectivity index (χ1) is 10.5. The molecule has 0 unspecified atom stereocenters. The Hall–Kier alpha value is -1.43. The topological polar surface area (TPSA) is 72.8 Å². The predicted octanol–water partition coefficient (Wildman–Crippen LogP) is 0.821. The summed E-state index contributed by atoms with van der Waals surface area (Å²) in [5, 5.41) is 22.3. The Bertz CT molecular complexity index is 506. The van der Waals surface area contributed by atoms with Crippen LogP contribution in [0.15, 0.2) is 24.3 Å². The number of likely N-dealkylation sites (tertiary alicyclic amines) is 1. The molecule has 1 aliphatic rings. The lowest BCUT2D eigenvalue weighted by Crippen LogP contribution is -2.39. The van der Waals surface area contributed by atoms with Crippen LogP contribution in [-0.4, -0.2) is 52.9 Å². The van der Waals surface area contributed by atoms with E-state index >= 15 is 0 Å². The van der Waals surface area contributed by atoms with Crippen LogP contribution in [0.1, 0.15) is 30.4 Å². The lowest BCUT2D eigenvalue weighted by atomic mass is 9.96. The molecule has 1 heterocycles. The van der Waals surface area contributed by atoms with Crippen molar-refractivity contribution in [2.24, 2.45) is 0 Å². The molecule has 1 saturated heterocycles. The molecule has 5 heteroatoms. The number of aliphatic hydroxyl groups is 2. The van der Waals surface area contributed by atoms with Gasteiger partial charge in [-0.2, -0.15) is 0 Å². The smallest absolute Gasteiger partial charge is 0.234 e. The summed E-state index contributed by atoms with van der Waals surface area (Å²) in [7, 11) is 0. The molecule has 0 aromatic heterocycles. The van der Waals surface area contributed by atoms with Crippen LogP contribution < -0.4 is 5.32 Å². The standard InChI is InChI=1S/C17H26N2O3/c1-14-5-2-3-6-15(14)11-18-16(21)12-19-9-4-7-17(22,13-20)8-10-19/h2-3,5-6,20,22H,4,7-13H2,1H3,(H,18,21)/t17-/m0/s1. The summed E-state index contributed by atoms with van der Waals surface area (Å²) in [6, 6.07) is 8.01. The molecule has 0 radical (unpaired) electrons. The molecule has 0 spiro atoms. The van der Waals surface area contributed by atoms with E-state index in [-0.39, 0.29) is 12.5 Å².